The van der Waals surface area contributed by atoms with Crippen molar-refractivity contribution in [2.45, 2.75) is 39.5 Å². The van der Waals surface area contributed by atoms with Gasteiger partial charge in [-0.05, 0) is 13.3 Å². The molecule has 116 valence electrons. The fourth-order valence-electron chi connectivity index (χ4n) is 1.46. The molecule has 0 heterocycles. The van der Waals surface area contributed by atoms with Gasteiger partial charge in [-0.2, -0.15) is 0 Å². The number of nitrogens with one attached hydrogen (secondary N) is 2. The van der Waals surface area contributed by atoms with Gasteiger partial charge in [-0.25, -0.2) is 4.99 Å². The van der Waals surface area contributed by atoms with Gasteiger partial charge in [0.2, 0.25) is 5.91 Å². The van der Waals surface area contributed by atoms with E-state index in [1.54, 1.807) is 19.0 Å². The van der Waals surface area contributed by atoms with Crippen LogP contribution in [0.1, 0.15) is 39.5 Å². The van der Waals surface area contributed by atoms with E-state index in [2.05, 4.69) is 29.1 Å². The Labute approximate surface area is 123 Å². The highest BCUT2D eigenvalue weighted by Gasteiger charge is 2.04. The van der Waals surface area contributed by atoms with E-state index in [1.807, 2.05) is 6.92 Å². The lowest BCUT2D eigenvalue weighted by Gasteiger charge is -2.13. The Kier molecular flexibility index (Phi) is 10.5. The van der Waals surface area contributed by atoms with Gasteiger partial charge in [-0.15, -0.1) is 0 Å². The van der Waals surface area contributed by atoms with Gasteiger partial charge in [0.1, 0.15) is 6.54 Å². The highest BCUT2D eigenvalue weighted by molar-refractivity contribution is 5.84. The number of hydrogen-bond acceptors (Lipinski definition) is 2. The van der Waals surface area contributed by atoms with Crippen molar-refractivity contribution in [3.05, 3.63) is 12.2 Å². The number of rotatable bonds is 9. The number of likely N-dealkylation sites (N-methyl/N-ethyl adjacent to an activating group) is 1. The van der Waals surface area contributed by atoms with Crippen LogP contribution in [0.4, 0.5) is 0 Å². The van der Waals surface area contributed by atoms with E-state index in [0.29, 0.717) is 12.5 Å². The summed E-state index contributed by atoms with van der Waals surface area (Å²) in [6.45, 7) is 9.70. The first-order valence-corrected chi connectivity index (χ1v) is 7.34. The lowest BCUT2D eigenvalue weighted by Crippen LogP contribution is -2.39. The third-order valence-corrected chi connectivity index (χ3v) is 2.75. The minimum atomic E-state index is -0.00703. The monoisotopic (exact) mass is 282 g/mol. The maximum atomic E-state index is 11.5. The van der Waals surface area contributed by atoms with E-state index < -0.39 is 0 Å². The van der Waals surface area contributed by atoms with Crippen LogP contribution in [0.15, 0.2) is 17.1 Å². The van der Waals surface area contributed by atoms with Crippen LogP contribution in [0.5, 0.6) is 0 Å². The first kappa shape index (κ1) is 18.5. The lowest BCUT2D eigenvalue weighted by atomic mass is 10.2. The summed E-state index contributed by atoms with van der Waals surface area (Å²) in [4.78, 5) is 17.4. The fourth-order valence-corrected chi connectivity index (χ4v) is 1.46. The van der Waals surface area contributed by atoms with Crippen LogP contribution in [-0.4, -0.2) is 50.5 Å². The lowest BCUT2D eigenvalue weighted by molar-refractivity contribution is -0.127. The van der Waals surface area contributed by atoms with Crippen molar-refractivity contribution in [3.8, 4) is 0 Å². The van der Waals surface area contributed by atoms with Crippen molar-refractivity contribution in [1.82, 2.24) is 15.5 Å². The first-order valence-electron chi connectivity index (χ1n) is 7.34. The molecule has 5 nitrogen and oxygen atoms in total. The van der Waals surface area contributed by atoms with E-state index >= 15 is 0 Å². The zero-order valence-electron chi connectivity index (χ0n) is 13.5. The van der Waals surface area contributed by atoms with Crippen molar-refractivity contribution in [2.75, 3.05) is 33.7 Å². The second-order valence-corrected chi connectivity index (χ2v) is 5.25. The fraction of sp³-hybridized carbons (Fsp3) is 0.733. The van der Waals surface area contributed by atoms with Crippen LogP contribution < -0.4 is 10.6 Å². The normalized spacial score (nSPS) is 11.1. The Bertz CT molecular complexity index is 324. The average molecular weight is 282 g/mol. The average Bonchev–Trinajstić information content (AvgIpc) is 2.39. The van der Waals surface area contributed by atoms with E-state index in [4.69, 9.17) is 0 Å². The Hall–Kier alpha value is -1.52. The summed E-state index contributed by atoms with van der Waals surface area (Å²) < 4.78 is 0. The van der Waals surface area contributed by atoms with Gasteiger partial charge in [0.15, 0.2) is 5.96 Å². The minimum absolute atomic E-state index is 0.00703. The smallest absolute Gasteiger partial charge is 0.243 e. The van der Waals surface area contributed by atoms with Gasteiger partial charge in [-0.1, -0.05) is 38.3 Å². The summed E-state index contributed by atoms with van der Waals surface area (Å²) in [5.41, 5.74) is 1.03. The predicted molar refractivity (Wildman–Crippen MR) is 86.0 cm³/mol. The molecule has 0 radical (unpaired) electrons. The topological polar surface area (TPSA) is 56.7 Å². The van der Waals surface area contributed by atoms with E-state index in [9.17, 15) is 4.79 Å². The maximum absolute atomic E-state index is 11.5. The molecule has 0 aliphatic heterocycles. The van der Waals surface area contributed by atoms with E-state index in [1.165, 1.54) is 19.3 Å². The molecule has 0 spiro atoms. The van der Waals surface area contributed by atoms with Gasteiger partial charge >= 0.3 is 0 Å². The molecular formula is C15H30N4O. The van der Waals surface area contributed by atoms with Gasteiger partial charge in [0.25, 0.3) is 0 Å². The quantitative estimate of drug-likeness (QED) is 0.293. The summed E-state index contributed by atoms with van der Waals surface area (Å²) in [6, 6.07) is 0. The first-order chi connectivity index (χ1) is 9.47. The number of nitrogens with zero attached hydrogens (tertiary/aromatic N) is 2. The molecule has 0 unspecified atom stereocenters. The van der Waals surface area contributed by atoms with Crippen molar-refractivity contribution in [2.24, 2.45) is 4.99 Å². The second-order valence-electron chi connectivity index (χ2n) is 5.25. The number of unbranched alkanes of at least 4 members (excludes halogenated alkanes) is 3. The molecule has 0 saturated carbocycles. The van der Waals surface area contributed by atoms with Crippen LogP contribution in [-0.2, 0) is 4.79 Å². The summed E-state index contributed by atoms with van der Waals surface area (Å²) in [7, 11) is 3.47. The molecule has 0 atom stereocenters. The van der Waals surface area contributed by atoms with Crippen molar-refractivity contribution in [3.63, 3.8) is 0 Å². The third kappa shape index (κ3) is 10.4. The summed E-state index contributed by atoms with van der Waals surface area (Å²) in [6.07, 6.45) is 4.82. The number of carbonyl (C=O) groups excluding carboxylic acids is 1. The van der Waals surface area contributed by atoms with E-state index in [0.717, 1.165) is 18.5 Å². The van der Waals surface area contributed by atoms with Crippen molar-refractivity contribution in [1.29, 1.82) is 0 Å². The molecule has 5 heteroatoms. The molecule has 0 aromatic heterocycles. The highest BCUT2D eigenvalue weighted by Crippen LogP contribution is 1.97. The van der Waals surface area contributed by atoms with Crippen LogP contribution in [0.25, 0.3) is 0 Å². The van der Waals surface area contributed by atoms with Crippen LogP contribution >= 0.6 is 0 Å². The molecule has 0 aliphatic carbocycles. The number of guanidine groups is 1. The van der Waals surface area contributed by atoms with Crippen LogP contribution in [0.3, 0.4) is 0 Å². The predicted octanol–water partition coefficient (Wildman–Crippen LogP) is 1.77. The summed E-state index contributed by atoms with van der Waals surface area (Å²) in [5, 5.41) is 6.43. The SMILES string of the molecule is C=C(C)CNC(=NCC(=O)N(C)C)NCCCCCC. The van der Waals surface area contributed by atoms with Gasteiger partial charge in [0.05, 0.1) is 0 Å². The molecule has 0 fully saturated rings. The Morgan fingerprint density at radius 2 is 1.90 bits per heavy atom. The zero-order chi connectivity index (χ0) is 15.4. The maximum Gasteiger partial charge on any atom is 0.243 e. The van der Waals surface area contributed by atoms with Gasteiger partial charge < -0.3 is 15.5 Å². The highest BCUT2D eigenvalue weighted by atomic mass is 16.2. The standard InChI is InChI=1S/C15H30N4O/c1-6-7-8-9-10-16-15(17-11-13(2)3)18-12-14(20)19(4)5/h2,6-12H2,1,3-5H3,(H2,16,17,18). The van der Waals surface area contributed by atoms with Gasteiger partial charge in [-0.3, -0.25) is 4.79 Å². The number of aliphatic imine (C=N–C) groups is 1. The number of amides is 1. The Balaban J connectivity index is 4.21. The molecular weight excluding hydrogens is 252 g/mol. The summed E-state index contributed by atoms with van der Waals surface area (Å²) in [5.74, 6) is 0.673. The summed E-state index contributed by atoms with van der Waals surface area (Å²) >= 11 is 0. The van der Waals surface area contributed by atoms with Crippen molar-refractivity contribution >= 4 is 11.9 Å². The molecule has 0 aromatic carbocycles. The minimum Gasteiger partial charge on any atom is -0.356 e. The number of hydrogen-bond donors (Lipinski definition) is 2. The molecule has 20 heavy (non-hydrogen) atoms. The third-order valence-electron chi connectivity index (χ3n) is 2.75. The second kappa shape index (κ2) is 11.3. The van der Waals surface area contributed by atoms with Gasteiger partial charge in [0, 0.05) is 27.2 Å². The molecule has 0 aromatic rings. The molecule has 0 saturated heterocycles. The number of carbonyl (C=O) groups is 1. The largest absolute Gasteiger partial charge is 0.356 e. The van der Waals surface area contributed by atoms with Crippen molar-refractivity contribution < 1.29 is 4.79 Å². The Morgan fingerprint density at radius 3 is 2.45 bits per heavy atom. The van der Waals surface area contributed by atoms with Crippen LogP contribution in [0.2, 0.25) is 0 Å². The van der Waals surface area contributed by atoms with E-state index in [-0.39, 0.29) is 12.5 Å². The molecule has 0 rings (SSSR count). The molecule has 1 amide bonds. The zero-order valence-corrected chi connectivity index (χ0v) is 13.5. The van der Waals surface area contributed by atoms with Crippen LogP contribution in [0, 0.1) is 0 Å². The Morgan fingerprint density at radius 1 is 1.20 bits per heavy atom. The molecule has 0 bridgehead atoms. The molecule has 2 N–H and O–H groups in total. The molecule has 0 aliphatic rings.